The van der Waals surface area contributed by atoms with E-state index in [9.17, 15) is 0 Å². The first kappa shape index (κ1) is 27.1. The lowest BCUT2D eigenvalue weighted by Crippen LogP contribution is -2.37. The van der Waals surface area contributed by atoms with Crippen LogP contribution in [0.5, 0.6) is 0 Å². The Balaban J connectivity index is 0.000000204. The van der Waals surface area contributed by atoms with Crippen LogP contribution in [0, 0.1) is 13.8 Å². The molecule has 0 unspecified atom stereocenters. The van der Waals surface area contributed by atoms with Crippen LogP contribution < -0.4 is 9.80 Å². The second kappa shape index (κ2) is 15.7. The largest absolute Gasteiger partial charge is 0.378 e. The lowest BCUT2D eigenvalue weighted by Gasteiger charge is -2.28. The maximum atomic E-state index is 5.32. The van der Waals surface area contributed by atoms with E-state index in [0.29, 0.717) is 6.54 Å². The Morgan fingerprint density at radius 2 is 1.45 bits per heavy atom. The topological polar surface area (TPSA) is 101 Å². The Kier molecular flexibility index (Phi) is 12.9. The first-order valence-electron chi connectivity index (χ1n) is 11.0. The Morgan fingerprint density at radius 1 is 0.879 bits per heavy atom. The number of aromatic nitrogens is 4. The smallest absolute Gasteiger partial charge is 0.152 e. The molecule has 2 aromatic heterocycles. The van der Waals surface area contributed by atoms with Gasteiger partial charge in [-0.15, -0.1) is 0 Å². The normalized spacial score (nSPS) is 15.5. The molecule has 2 fully saturated rings. The molecule has 4 rings (SSSR count). The SMILES string of the molecule is CCN=P.Cc1cc(N2CCOCC2)nc(CN=P)n1.Cc1nccc(N2CCOCC2)n1. The molecule has 12 heteroatoms. The van der Waals surface area contributed by atoms with E-state index in [-0.39, 0.29) is 0 Å². The van der Waals surface area contributed by atoms with Gasteiger partial charge in [-0.2, -0.15) is 0 Å². The van der Waals surface area contributed by atoms with Crippen molar-refractivity contribution in [2.45, 2.75) is 27.3 Å². The first-order chi connectivity index (χ1) is 16.1. The third-order valence-electron chi connectivity index (χ3n) is 4.70. The minimum Gasteiger partial charge on any atom is -0.378 e. The number of hydrogen-bond donors (Lipinski definition) is 0. The fourth-order valence-electron chi connectivity index (χ4n) is 3.12. The summed E-state index contributed by atoms with van der Waals surface area (Å²) in [5.74, 6) is 3.55. The molecular formula is C21H34N8O2P2. The van der Waals surface area contributed by atoms with E-state index < -0.39 is 0 Å². The number of nitrogens with zero attached hydrogens (tertiary/aromatic N) is 8. The molecule has 2 saturated heterocycles. The summed E-state index contributed by atoms with van der Waals surface area (Å²) in [7, 11) is 6.00. The third-order valence-corrected chi connectivity index (χ3v) is 5.17. The summed E-state index contributed by atoms with van der Waals surface area (Å²) in [6.45, 7) is 14.0. The molecule has 0 aromatic carbocycles. The molecule has 2 aliphatic heterocycles. The van der Waals surface area contributed by atoms with Crippen LogP contribution in [0.1, 0.15) is 24.3 Å². The predicted molar refractivity (Wildman–Crippen MR) is 135 cm³/mol. The van der Waals surface area contributed by atoms with Crippen molar-refractivity contribution in [1.29, 1.82) is 0 Å². The van der Waals surface area contributed by atoms with Gasteiger partial charge in [0.2, 0.25) is 0 Å². The van der Waals surface area contributed by atoms with Gasteiger partial charge in [0, 0.05) is 50.7 Å². The van der Waals surface area contributed by atoms with Crippen LogP contribution in [-0.2, 0) is 16.0 Å². The van der Waals surface area contributed by atoms with Crippen LogP contribution in [0.25, 0.3) is 0 Å². The van der Waals surface area contributed by atoms with Gasteiger partial charge < -0.3 is 19.3 Å². The van der Waals surface area contributed by atoms with Gasteiger partial charge in [-0.25, -0.2) is 19.9 Å². The Labute approximate surface area is 200 Å². The molecule has 0 bridgehead atoms. The van der Waals surface area contributed by atoms with Crippen LogP contribution in [0.15, 0.2) is 27.8 Å². The van der Waals surface area contributed by atoms with Crippen LogP contribution in [-0.4, -0.2) is 79.1 Å². The van der Waals surface area contributed by atoms with Crippen LogP contribution >= 0.6 is 18.1 Å². The summed E-state index contributed by atoms with van der Waals surface area (Å²) >= 11 is 0. The van der Waals surface area contributed by atoms with Crippen LogP contribution in [0.4, 0.5) is 11.6 Å². The Bertz CT molecular complexity index is 862. The minimum atomic E-state index is 0.496. The fourth-order valence-corrected chi connectivity index (χ4v) is 3.26. The van der Waals surface area contributed by atoms with Crippen molar-refractivity contribution in [3.63, 3.8) is 0 Å². The maximum absolute atomic E-state index is 5.32. The van der Waals surface area contributed by atoms with E-state index in [1.165, 1.54) is 0 Å². The number of hydrogen-bond acceptors (Lipinski definition) is 10. The van der Waals surface area contributed by atoms with Gasteiger partial charge in [-0.05, 0) is 44.9 Å². The first-order valence-corrected chi connectivity index (χ1v) is 11.9. The standard InChI is InChI=1S/C10H15N4OP.C9H13N3O.C2H6NP/c1-8-6-10(13-9(12-8)7-11-16)14-2-4-15-5-3-14;1-8-10-3-2-9(11-8)12-4-6-13-7-5-12;1-2-3-4/h6,16H,2-5,7H2,1H3;2-3H,4-7H2,1H3;4H,2H2,1H3. The van der Waals surface area contributed by atoms with Crippen molar-refractivity contribution in [3.05, 3.63) is 35.7 Å². The van der Waals surface area contributed by atoms with Gasteiger partial charge >= 0.3 is 0 Å². The Hall–Kier alpha value is -2.12. The highest BCUT2D eigenvalue weighted by Gasteiger charge is 2.14. The molecule has 0 amide bonds. The predicted octanol–water partition coefficient (Wildman–Crippen LogP) is 3.40. The third kappa shape index (κ3) is 10.1. The number of morpholine rings is 2. The van der Waals surface area contributed by atoms with E-state index in [0.717, 1.165) is 88.1 Å². The zero-order valence-corrected chi connectivity index (χ0v) is 21.7. The number of rotatable bonds is 5. The van der Waals surface area contributed by atoms with E-state index in [2.05, 4.69) is 57.3 Å². The van der Waals surface area contributed by atoms with Crippen molar-refractivity contribution in [2.75, 3.05) is 69.0 Å². The van der Waals surface area contributed by atoms with Gasteiger partial charge in [0.15, 0.2) is 5.82 Å². The van der Waals surface area contributed by atoms with E-state index >= 15 is 0 Å². The van der Waals surface area contributed by atoms with Crippen LogP contribution in [0.3, 0.4) is 0 Å². The van der Waals surface area contributed by atoms with Crippen LogP contribution in [0.2, 0.25) is 0 Å². The highest BCUT2D eigenvalue weighted by Crippen LogP contribution is 2.14. The molecule has 0 aliphatic carbocycles. The molecule has 0 saturated carbocycles. The molecule has 0 atom stereocenters. The number of aryl methyl sites for hydroxylation is 2. The summed E-state index contributed by atoms with van der Waals surface area (Å²) in [4.78, 5) is 21.7. The molecule has 10 nitrogen and oxygen atoms in total. The molecule has 4 heterocycles. The van der Waals surface area contributed by atoms with Crippen molar-refractivity contribution in [3.8, 4) is 0 Å². The zero-order chi connectivity index (χ0) is 23.9. The molecule has 0 spiro atoms. The minimum absolute atomic E-state index is 0.496. The molecule has 33 heavy (non-hydrogen) atoms. The monoisotopic (exact) mass is 492 g/mol. The van der Waals surface area contributed by atoms with E-state index in [1.807, 2.05) is 32.9 Å². The summed E-state index contributed by atoms with van der Waals surface area (Å²) < 4.78 is 18.0. The summed E-state index contributed by atoms with van der Waals surface area (Å²) in [6.07, 6.45) is 1.80. The van der Waals surface area contributed by atoms with Gasteiger partial charge in [-0.1, -0.05) is 0 Å². The lowest BCUT2D eigenvalue weighted by atomic mass is 10.3. The van der Waals surface area contributed by atoms with Crippen molar-refractivity contribution < 1.29 is 9.47 Å². The van der Waals surface area contributed by atoms with Crippen molar-refractivity contribution in [2.24, 2.45) is 9.49 Å². The van der Waals surface area contributed by atoms with E-state index in [4.69, 9.17) is 9.47 Å². The molecule has 2 aromatic rings. The molecular weight excluding hydrogens is 458 g/mol. The average Bonchev–Trinajstić information content (AvgIpc) is 2.85. The van der Waals surface area contributed by atoms with Gasteiger partial charge in [0.05, 0.1) is 26.4 Å². The van der Waals surface area contributed by atoms with Gasteiger partial charge in [0.1, 0.15) is 24.0 Å². The van der Waals surface area contributed by atoms with Crippen molar-refractivity contribution in [1.82, 2.24) is 19.9 Å². The summed E-state index contributed by atoms with van der Waals surface area (Å²) in [5, 5.41) is 0. The number of anilines is 2. The van der Waals surface area contributed by atoms with Gasteiger partial charge in [0.25, 0.3) is 0 Å². The zero-order valence-electron chi connectivity index (χ0n) is 19.7. The Morgan fingerprint density at radius 3 is 1.97 bits per heavy atom. The second-order valence-corrected chi connectivity index (χ2v) is 7.87. The number of ether oxygens (including phenoxy) is 2. The quantitative estimate of drug-likeness (QED) is 0.586. The summed E-state index contributed by atoms with van der Waals surface area (Å²) in [6, 6.07) is 3.95. The average molecular weight is 493 g/mol. The van der Waals surface area contributed by atoms with Crippen molar-refractivity contribution >= 4 is 29.7 Å². The van der Waals surface area contributed by atoms with E-state index in [1.54, 1.807) is 6.20 Å². The molecule has 2 aliphatic rings. The highest BCUT2D eigenvalue weighted by molar-refractivity contribution is 7.04. The second-order valence-electron chi connectivity index (χ2n) is 7.24. The maximum Gasteiger partial charge on any atom is 0.152 e. The highest BCUT2D eigenvalue weighted by atomic mass is 31.0. The lowest BCUT2D eigenvalue weighted by molar-refractivity contribution is 0.122. The molecule has 0 N–H and O–H groups in total. The molecule has 180 valence electrons. The summed E-state index contributed by atoms with van der Waals surface area (Å²) in [5.41, 5.74) is 0.974. The molecule has 0 radical (unpaired) electrons. The van der Waals surface area contributed by atoms with Gasteiger partial charge in [-0.3, -0.25) is 9.49 Å². The fraction of sp³-hybridized carbons (Fsp3) is 0.619.